The molecule has 0 radical (unpaired) electrons. The van der Waals surface area contributed by atoms with Gasteiger partial charge in [-0.2, -0.15) is 0 Å². The fourth-order valence-corrected chi connectivity index (χ4v) is 3.05. The molecule has 3 rings (SSSR count). The van der Waals surface area contributed by atoms with Gasteiger partial charge in [-0.15, -0.1) is 0 Å². The monoisotopic (exact) mass is 202 g/mol. The van der Waals surface area contributed by atoms with Crippen molar-refractivity contribution in [3.63, 3.8) is 0 Å². The van der Waals surface area contributed by atoms with Crippen molar-refractivity contribution in [1.29, 1.82) is 0 Å². The first-order valence-corrected chi connectivity index (χ1v) is 5.94. The van der Waals surface area contributed by atoms with Crippen LogP contribution in [0.5, 0.6) is 0 Å². The lowest BCUT2D eigenvalue weighted by atomic mass is 9.85. The van der Waals surface area contributed by atoms with Crippen LogP contribution in [0.4, 0.5) is 0 Å². The highest BCUT2D eigenvalue weighted by Crippen LogP contribution is 2.34. The summed E-state index contributed by atoms with van der Waals surface area (Å²) in [5, 5.41) is 0. The van der Waals surface area contributed by atoms with Crippen molar-refractivity contribution in [3.8, 4) is 0 Å². The van der Waals surface area contributed by atoms with E-state index in [1.165, 1.54) is 36.9 Å². The van der Waals surface area contributed by atoms with E-state index in [0.29, 0.717) is 6.04 Å². The maximum atomic E-state index is 6.36. The normalized spacial score (nSPS) is 30.7. The second-order valence-corrected chi connectivity index (χ2v) is 4.76. The van der Waals surface area contributed by atoms with E-state index in [0.717, 1.165) is 6.54 Å². The van der Waals surface area contributed by atoms with E-state index in [9.17, 15) is 0 Å². The van der Waals surface area contributed by atoms with E-state index in [1.54, 1.807) is 0 Å². The van der Waals surface area contributed by atoms with Crippen LogP contribution in [0.3, 0.4) is 0 Å². The van der Waals surface area contributed by atoms with Gasteiger partial charge in [0.1, 0.15) is 0 Å². The minimum absolute atomic E-state index is 0.232. The zero-order valence-electron chi connectivity index (χ0n) is 9.02. The molecule has 0 saturated carbocycles. The van der Waals surface area contributed by atoms with Gasteiger partial charge in [-0.05, 0) is 30.5 Å². The molecule has 0 aliphatic carbocycles. The first-order chi connectivity index (χ1) is 7.36. The third-order valence-electron chi connectivity index (χ3n) is 3.87. The van der Waals surface area contributed by atoms with Gasteiger partial charge in [-0.25, -0.2) is 0 Å². The van der Waals surface area contributed by atoms with Gasteiger partial charge in [0.25, 0.3) is 0 Å². The minimum atomic E-state index is 0.232. The van der Waals surface area contributed by atoms with Crippen LogP contribution in [0, 0.1) is 0 Å². The molecule has 2 nitrogen and oxygen atoms in total. The average Bonchev–Trinajstić information content (AvgIpc) is 2.30. The fourth-order valence-electron chi connectivity index (χ4n) is 3.05. The maximum Gasteiger partial charge on any atom is 0.0456 e. The maximum absolute atomic E-state index is 6.36. The van der Waals surface area contributed by atoms with Crippen molar-refractivity contribution < 1.29 is 0 Å². The van der Waals surface area contributed by atoms with Gasteiger partial charge >= 0.3 is 0 Å². The smallest absolute Gasteiger partial charge is 0.0456 e. The molecule has 0 unspecified atom stereocenters. The Morgan fingerprint density at radius 1 is 1.20 bits per heavy atom. The first kappa shape index (κ1) is 9.37. The number of fused-ring (bicyclic) bond motifs is 2. The third kappa shape index (κ3) is 1.48. The molecule has 2 aliphatic rings. The van der Waals surface area contributed by atoms with Crippen LogP contribution in [0.15, 0.2) is 24.3 Å². The van der Waals surface area contributed by atoms with Gasteiger partial charge in [-0.3, -0.25) is 4.90 Å². The van der Waals surface area contributed by atoms with Crippen LogP contribution in [-0.2, 0) is 6.54 Å². The summed E-state index contributed by atoms with van der Waals surface area (Å²) in [6.07, 6.45) is 3.96. The number of nitrogens with zero attached hydrogens (tertiary/aromatic N) is 1. The molecule has 0 spiro atoms. The Bertz CT molecular complexity index is 361. The number of nitrogens with two attached hydrogens (primary N) is 1. The molecule has 2 atom stereocenters. The summed E-state index contributed by atoms with van der Waals surface area (Å²) >= 11 is 0. The Morgan fingerprint density at radius 2 is 2.07 bits per heavy atom. The molecule has 2 heterocycles. The van der Waals surface area contributed by atoms with Gasteiger partial charge in [0.2, 0.25) is 0 Å². The van der Waals surface area contributed by atoms with Gasteiger partial charge in [0, 0.05) is 18.6 Å². The van der Waals surface area contributed by atoms with E-state index in [-0.39, 0.29) is 6.04 Å². The van der Waals surface area contributed by atoms with Crippen molar-refractivity contribution in [2.24, 2.45) is 5.73 Å². The van der Waals surface area contributed by atoms with Crippen LogP contribution >= 0.6 is 0 Å². The van der Waals surface area contributed by atoms with E-state index in [2.05, 4.69) is 29.2 Å². The second kappa shape index (κ2) is 3.62. The zero-order valence-corrected chi connectivity index (χ0v) is 9.02. The quantitative estimate of drug-likeness (QED) is 0.697. The topological polar surface area (TPSA) is 29.3 Å². The molecule has 1 saturated heterocycles. The summed E-state index contributed by atoms with van der Waals surface area (Å²) < 4.78 is 0. The van der Waals surface area contributed by atoms with E-state index in [1.807, 2.05) is 0 Å². The molecular formula is C13H18N2. The SMILES string of the molecule is N[C@@H]1c2ccccc2CN2CCCC[C@H]12. The Morgan fingerprint density at radius 3 is 3.00 bits per heavy atom. The summed E-state index contributed by atoms with van der Waals surface area (Å²) in [5.41, 5.74) is 9.17. The predicted molar refractivity (Wildman–Crippen MR) is 61.4 cm³/mol. The van der Waals surface area contributed by atoms with Gasteiger partial charge in [0.15, 0.2) is 0 Å². The first-order valence-electron chi connectivity index (χ1n) is 5.94. The van der Waals surface area contributed by atoms with Crippen LogP contribution in [0.2, 0.25) is 0 Å². The summed E-state index contributed by atoms with van der Waals surface area (Å²) in [5.74, 6) is 0. The molecular weight excluding hydrogens is 184 g/mol. The van der Waals surface area contributed by atoms with E-state index < -0.39 is 0 Å². The lowest BCUT2D eigenvalue weighted by molar-refractivity contribution is 0.105. The Labute approximate surface area is 91.1 Å². The number of hydrogen-bond acceptors (Lipinski definition) is 2. The molecule has 0 amide bonds. The van der Waals surface area contributed by atoms with Crippen molar-refractivity contribution >= 4 is 0 Å². The standard InChI is InChI=1S/C13H18N2/c14-13-11-6-2-1-5-10(11)9-15-8-4-3-7-12(13)15/h1-2,5-6,12-13H,3-4,7-9,14H2/t12-,13-/m1/s1. The highest BCUT2D eigenvalue weighted by atomic mass is 15.2. The largest absolute Gasteiger partial charge is 0.323 e. The molecule has 2 N–H and O–H groups in total. The van der Waals surface area contributed by atoms with E-state index in [4.69, 9.17) is 5.73 Å². The van der Waals surface area contributed by atoms with Crippen molar-refractivity contribution in [3.05, 3.63) is 35.4 Å². The van der Waals surface area contributed by atoms with Crippen molar-refractivity contribution in [1.82, 2.24) is 4.90 Å². The number of hydrogen-bond donors (Lipinski definition) is 1. The lowest BCUT2D eigenvalue weighted by Gasteiger charge is -2.43. The summed E-state index contributed by atoms with van der Waals surface area (Å²) in [4.78, 5) is 2.57. The Balaban J connectivity index is 1.98. The van der Waals surface area contributed by atoms with Crippen LogP contribution in [-0.4, -0.2) is 17.5 Å². The summed E-state index contributed by atoms with van der Waals surface area (Å²) in [7, 11) is 0. The average molecular weight is 202 g/mol. The summed E-state index contributed by atoms with van der Waals surface area (Å²) in [6.45, 7) is 2.33. The van der Waals surface area contributed by atoms with Crippen molar-refractivity contribution in [2.45, 2.75) is 37.9 Å². The minimum Gasteiger partial charge on any atom is -0.323 e. The molecule has 15 heavy (non-hydrogen) atoms. The fraction of sp³-hybridized carbons (Fsp3) is 0.538. The van der Waals surface area contributed by atoms with Gasteiger partial charge in [0.05, 0.1) is 0 Å². The Hall–Kier alpha value is -0.860. The lowest BCUT2D eigenvalue weighted by Crippen LogP contribution is -2.48. The summed E-state index contributed by atoms with van der Waals surface area (Å²) in [6, 6.07) is 9.47. The highest BCUT2D eigenvalue weighted by Gasteiger charge is 2.33. The predicted octanol–water partition coefficient (Wildman–Crippen LogP) is 2.05. The molecule has 1 fully saturated rings. The molecule has 2 heteroatoms. The second-order valence-electron chi connectivity index (χ2n) is 4.76. The zero-order chi connectivity index (χ0) is 10.3. The third-order valence-corrected chi connectivity index (χ3v) is 3.87. The van der Waals surface area contributed by atoms with E-state index >= 15 is 0 Å². The van der Waals surface area contributed by atoms with Gasteiger partial charge < -0.3 is 5.73 Å². The number of rotatable bonds is 0. The molecule has 80 valence electrons. The molecule has 0 bridgehead atoms. The highest BCUT2D eigenvalue weighted by molar-refractivity contribution is 5.33. The molecule has 1 aromatic rings. The number of benzene rings is 1. The molecule has 2 aliphatic heterocycles. The van der Waals surface area contributed by atoms with Crippen LogP contribution in [0.1, 0.15) is 36.4 Å². The number of piperidine rings is 1. The van der Waals surface area contributed by atoms with Crippen molar-refractivity contribution in [2.75, 3.05) is 6.54 Å². The Kier molecular flexibility index (Phi) is 2.26. The molecule has 1 aromatic carbocycles. The molecule has 0 aromatic heterocycles. The van der Waals surface area contributed by atoms with Crippen LogP contribution < -0.4 is 5.73 Å². The van der Waals surface area contributed by atoms with Gasteiger partial charge in [-0.1, -0.05) is 30.7 Å². The van der Waals surface area contributed by atoms with Crippen LogP contribution in [0.25, 0.3) is 0 Å².